The number of hydrogen-bond acceptors (Lipinski definition) is 2. The summed E-state index contributed by atoms with van der Waals surface area (Å²) in [4.78, 5) is 12.0. The lowest BCUT2D eigenvalue weighted by Gasteiger charge is -2.32. The third-order valence-corrected chi connectivity index (χ3v) is 4.82. The molecule has 0 radical (unpaired) electrons. The summed E-state index contributed by atoms with van der Waals surface area (Å²) in [7, 11) is 0. The third kappa shape index (κ3) is 2.08. The van der Waals surface area contributed by atoms with Crippen LogP contribution >= 0.6 is 0 Å². The Morgan fingerprint density at radius 3 is 2.45 bits per heavy atom. The summed E-state index contributed by atoms with van der Waals surface area (Å²) < 4.78 is 5.99. The quantitative estimate of drug-likeness (QED) is 0.769. The zero-order chi connectivity index (χ0) is 15.7. The smallest absolute Gasteiger partial charge is 0.314 e. The summed E-state index contributed by atoms with van der Waals surface area (Å²) in [5.41, 5.74) is 2.15. The molecule has 0 fully saturated rings. The van der Waals surface area contributed by atoms with E-state index in [0.717, 1.165) is 34.6 Å². The molecule has 0 bridgehead atoms. The number of fused-ring (bicyclic) bond motifs is 2. The maximum Gasteiger partial charge on any atom is 0.314 e. The van der Waals surface area contributed by atoms with Crippen molar-refractivity contribution >= 4 is 5.97 Å². The van der Waals surface area contributed by atoms with Gasteiger partial charge in [0.25, 0.3) is 0 Å². The highest BCUT2D eigenvalue weighted by Crippen LogP contribution is 2.43. The van der Waals surface area contributed by atoms with Crippen LogP contribution in [-0.4, -0.2) is 11.1 Å². The van der Waals surface area contributed by atoms with Crippen LogP contribution in [0, 0.1) is 0 Å². The molecule has 3 nitrogen and oxygen atoms in total. The maximum absolute atomic E-state index is 12.0. The molecule has 0 atom stereocenters. The standard InChI is InChI=1S/C19H20O3/c1-3-19(4-2,18(20)21)15-9-7-11-17-14(15)12-13-8-5-6-10-16(13)22-17/h5-11H,3-4,12H2,1-2H3,(H,20,21). The lowest BCUT2D eigenvalue weighted by atomic mass is 9.72. The van der Waals surface area contributed by atoms with E-state index in [-0.39, 0.29) is 0 Å². The first-order valence-corrected chi connectivity index (χ1v) is 7.74. The number of carboxylic acid groups (broad SMARTS) is 1. The summed E-state index contributed by atoms with van der Waals surface area (Å²) in [6, 6.07) is 13.7. The van der Waals surface area contributed by atoms with Gasteiger partial charge < -0.3 is 9.84 Å². The fourth-order valence-electron chi connectivity index (χ4n) is 3.40. The molecule has 114 valence electrons. The monoisotopic (exact) mass is 296 g/mol. The first kappa shape index (κ1) is 14.6. The Bertz CT molecular complexity index is 714. The molecule has 0 amide bonds. The lowest BCUT2D eigenvalue weighted by molar-refractivity contribution is -0.144. The van der Waals surface area contributed by atoms with E-state index in [1.165, 1.54) is 0 Å². The molecule has 0 aromatic heterocycles. The molecular formula is C19H20O3. The van der Waals surface area contributed by atoms with Gasteiger partial charge >= 0.3 is 5.97 Å². The number of carbonyl (C=O) groups is 1. The number of para-hydroxylation sites is 1. The van der Waals surface area contributed by atoms with Gasteiger partial charge in [-0.25, -0.2) is 0 Å². The van der Waals surface area contributed by atoms with Crippen molar-refractivity contribution in [3.63, 3.8) is 0 Å². The molecule has 1 aliphatic heterocycles. The van der Waals surface area contributed by atoms with Crippen LogP contribution in [0.5, 0.6) is 11.5 Å². The zero-order valence-corrected chi connectivity index (χ0v) is 12.9. The van der Waals surface area contributed by atoms with E-state index in [9.17, 15) is 9.90 Å². The van der Waals surface area contributed by atoms with E-state index in [2.05, 4.69) is 0 Å². The molecule has 1 N–H and O–H groups in total. The van der Waals surface area contributed by atoms with Crippen molar-refractivity contribution in [2.75, 3.05) is 0 Å². The van der Waals surface area contributed by atoms with Crippen LogP contribution in [0.4, 0.5) is 0 Å². The molecule has 2 aromatic rings. The van der Waals surface area contributed by atoms with Gasteiger partial charge in [-0.15, -0.1) is 0 Å². The topological polar surface area (TPSA) is 46.5 Å². The van der Waals surface area contributed by atoms with Crippen molar-refractivity contribution < 1.29 is 14.6 Å². The van der Waals surface area contributed by atoms with Crippen LogP contribution in [0.25, 0.3) is 0 Å². The average molecular weight is 296 g/mol. The van der Waals surface area contributed by atoms with Crippen LogP contribution in [0.15, 0.2) is 42.5 Å². The largest absolute Gasteiger partial charge is 0.481 e. The average Bonchev–Trinajstić information content (AvgIpc) is 2.54. The molecular weight excluding hydrogens is 276 g/mol. The first-order chi connectivity index (χ1) is 10.6. The summed E-state index contributed by atoms with van der Waals surface area (Å²) in [5.74, 6) is 0.884. The van der Waals surface area contributed by atoms with Gasteiger partial charge in [0.05, 0.1) is 5.41 Å². The van der Waals surface area contributed by atoms with E-state index < -0.39 is 11.4 Å². The Hall–Kier alpha value is -2.29. The van der Waals surface area contributed by atoms with Gasteiger partial charge in [0.1, 0.15) is 11.5 Å². The Labute approximate surface area is 130 Å². The third-order valence-electron chi connectivity index (χ3n) is 4.82. The van der Waals surface area contributed by atoms with E-state index in [4.69, 9.17) is 4.74 Å². The van der Waals surface area contributed by atoms with Crippen LogP contribution in [-0.2, 0) is 16.6 Å². The fraction of sp³-hybridized carbons (Fsp3) is 0.316. The van der Waals surface area contributed by atoms with Crippen molar-refractivity contribution in [3.05, 3.63) is 59.2 Å². The highest BCUT2D eigenvalue weighted by molar-refractivity contribution is 5.82. The highest BCUT2D eigenvalue weighted by Gasteiger charge is 2.39. The van der Waals surface area contributed by atoms with Gasteiger partial charge in [-0.05, 0) is 36.1 Å². The SMILES string of the molecule is CCC(CC)(C(=O)O)c1cccc2c1Cc1ccccc1O2. The Balaban J connectivity index is 2.16. The van der Waals surface area contributed by atoms with Gasteiger partial charge in [0, 0.05) is 12.0 Å². The van der Waals surface area contributed by atoms with E-state index in [0.29, 0.717) is 12.8 Å². The van der Waals surface area contributed by atoms with Crippen LogP contribution in [0.2, 0.25) is 0 Å². The molecule has 0 saturated heterocycles. The van der Waals surface area contributed by atoms with Crippen molar-refractivity contribution in [3.8, 4) is 11.5 Å². The second-order valence-corrected chi connectivity index (χ2v) is 5.76. The number of rotatable bonds is 4. The Morgan fingerprint density at radius 2 is 1.77 bits per heavy atom. The van der Waals surface area contributed by atoms with Gasteiger partial charge in [0.15, 0.2) is 0 Å². The maximum atomic E-state index is 12.0. The molecule has 0 unspecified atom stereocenters. The van der Waals surface area contributed by atoms with Crippen LogP contribution < -0.4 is 4.74 Å². The summed E-state index contributed by atoms with van der Waals surface area (Å²) >= 11 is 0. The molecule has 3 heteroatoms. The zero-order valence-electron chi connectivity index (χ0n) is 12.9. The van der Waals surface area contributed by atoms with Gasteiger partial charge in [-0.2, -0.15) is 0 Å². The predicted octanol–water partition coefficient (Wildman–Crippen LogP) is 4.53. The molecule has 22 heavy (non-hydrogen) atoms. The molecule has 1 aliphatic rings. The molecule has 1 heterocycles. The second-order valence-electron chi connectivity index (χ2n) is 5.76. The van der Waals surface area contributed by atoms with Gasteiger partial charge in [-0.1, -0.05) is 44.2 Å². The van der Waals surface area contributed by atoms with Crippen molar-refractivity contribution in [1.82, 2.24) is 0 Å². The molecule has 2 aromatic carbocycles. The second kappa shape index (κ2) is 5.48. The summed E-state index contributed by atoms with van der Waals surface area (Å²) in [5, 5.41) is 9.83. The minimum atomic E-state index is -0.846. The van der Waals surface area contributed by atoms with E-state index in [1.54, 1.807) is 0 Å². The molecule has 3 rings (SSSR count). The molecule has 0 saturated carbocycles. The molecule has 0 aliphatic carbocycles. The number of ether oxygens (including phenoxy) is 1. The van der Waals surface area contributed by atoms with Crippen LogP contribution in [0.3, 0.4) is 0 Å². The predicted molar refractivity (Wildman–Crippen MR) is 85.7 cm³/mol. The van der Waals surface area contributed by atoms with Crippen LogP contribution in [0.1, 0.15) is 43.4 Å². The van der Waals surface area contributed by atoms with Gasteiger partial charge in [0.2, 0.25) is 0 Å². The number of carboxylic acids is 1. The van der Waals surface area contributed by atoms with E-state index in [1.807, 2.05) is 56.3 Å². The summed E-state index contributed by atoms with van der Waals surface area (Å²) in [6.07, 6.45) is 1.85. The number of benzene rings is 2. The van der Waals surface area contributed by atoms with E-state index >= 15 is 0 Å². The Kier molecular flexibility index (Phi) is 3.65. The van der Waals surface area contributed by atoms with Crippen molar-refractivity contribution in [1.29, 1.82) is 0 Å². The van der Waals surface area contributed by atoms with Gasteiger partial charge in [-0.3, -0.25) is 4.79 Å². The molecule has 0 spiro atoms. The van der Waals surface area contributed by atoms with Crippen molar-refractivity contribution in [2.24, 2.45) is 0 Å². The highest BCUT2D eigenvalue weighted by atomic mass is 16.5. The minimum Gasteiger partial charge on any atom is -0.481 e. The number of hydrogen-bond donors (Lipinski definition) is 1. The lowest BCUT2D eigenvalue weighted by Crippen LogP contribution is -2.35. The van der Waals surface area contributed by atoms with Crippen molar-refractivity contribution in [2.45, 2.75) is 38.5 Å². The minimum absolute atomic E-state index is 0.566. The first-order valence-electron chi connectivity index (χ1n) is 7.74. The Morgan fingerprint density at radius 1 is 1.09 bits per heavy atom. The summed E-state index contributed by atoms with van der Waals surface area (Å²) in [6.45, 7) is 3.88. The normalized spacial score (nSPS) is 13.0. The fourth-order valence-corrected chi connectivity index (χ4v) is 3.40. The number of aliphatic carboxylic acids is 1.